The molecular weight excluding hydrogens is 168 g/mol. The predicted octanol–water partition coefficient (Wildman–Crippen LogP) is 3.78. The van der Waals surface area contributed by atoms with Gasteiger partial charge in [-0.1, -0.05) is 37.1 Å². The van der Waals surface area contributed by atoms with Crippen LogP contribution in [0, 0.1) is 0 Å². The zero-order valence-corrected chi connectivity index (χ0v) is 8.06. The van der Waals surface area contributed by atoms with E-state index in [9.17, 15) is 0 Å². The van der Waals surface area contributed by atoms with Crippen molar-refractivity contribution < 1.29 is 0 Å². The van der Waals surface area contributed by atoms with Crippen LogP contribution in [0.5, 0.6) is 0 Å². The van der Waals surface area contributed by atoms with E-state index in [1.54, 1.807) is 0 Å². The van der Waals surface area contributed by atoms with Gasteiger partial charge >= 0.3 is 0 Å². The Hall–Kier alpha value is -0.490. The fraction of sp³-hybridized carbons (Fsp3) is 0.455. The first-order chi connectivity index (χ1) is 5.71. The fourth-order valence-electron chi connectivity index (χ4n) is 1.86. The molecule has 0 heterocycles. The summed E-state index contributed by atoms with van der Waals surface area (Å²) in [6.45, 7) is 2.32. The molecule has 0 saturated heterocycles. The molecule has 1 saturated carbocycles. The molecule has 0 spiro atoms. The monoisotopic (exact) mass is 180 g/mol. The lowest BCUT2D eigenvalue weighted by molar-refractivity contribution is 0.272. The molecule has 1 aromatic rings. The number of hydrogen-bond acceptors (Lipinski definition) is 0. The molecule has 0 unspecified atom stereocenters. The minimum Gasteiger partial charge on any atom is -0.0843 e. The fourth-order valence-corrected chi connectivity index (χ4v) is 2.05. The van der Waals surface area contributed by atoms with Crippen molar-refractivity contribution in [3.63, 3.8) is 0 Å². The molecule has 0 bridgehead atoms. The van der Waals surface area contributed by atoms with Gasteiger partial charge in [-0.3, -0.25) is 0 Å². The maximum Gasteiger partial charge on any atom is 0.0408 e. The van der Waals surface area contributed by atoms with E-state index in [1.165, 1.54) is 24.8 Å². The molecule has 0 nitrogen and oxygen atoms in total. The molecule has 0 aliphatic heterocycles. The molecule has 0 N–H and O–H groups in total. The summed E-state index contributed by atoms with van der Waals surface area (Å²) in [6.07, 6.45) is 3.99. The van der Waals surface area contributed by atoms with Crippen molar-refractivity contribution in [1.82, 2.24) is 0 Å². The van der Waals surface area contributed by atoms with Gasteiger partial charge in [0.1, 0.15) is 0 Å². The maximum absolute atomic E-state index is 5.93. The summed E-state index contributed by atoms with van der Waals surface area (Å²) < 4.78 is 0. The highest BCUT2D eigenvalue weighted by atomic mass is 35.5. The lowest BCUT2D eigenvalue weighted by atomic mass is 9.66. The van der Waals surface area contributed by atoms with E-state index in [1.807, 2.05) is 12.1 Å². The highest BCUT2D eigenvalue weighted by Crippen LogP contribution is 2.43. The van der Waals surface area contributed by atoms with Crippen molar-refractivity contribution in [3.8, 4) is 0 Å². The van der Waals surface area contributed by atoms with E-state index in [0.717, 1.165) is 5.02 Å². The topological polar surface area (TPSA) is 0 Å². The third-order valence-corrected chi connectivity index (χ3v) is 3.21. The summed E-state index contributed by atoms with van der Waals surface area (Å²) in [5, 5.41) is 0.862. The Bertz CT molecular complexity index is 287. The molecule has 0 atom stereocenters. The van der Waals surface area contributed by atoms with Crippen LogP contribution in [-0.2, 0) is 5.41 Å². The molecule has 1 aliphatic rings. The molecule has 0 amide bonds. The van der Waals surface area contributed by atoms with Crippen LogP contribution in [0.2, 0.25) is 5.02 Å². The van der Waals surface area contributed by atoms with Gasteiger partial charge in [0, 0.05) is 5.02 Å². The molecular formula is C11H13Cl. The van der Waals surface area contributed by atoms with Crippen LogP contribution in [0.4, 0.5) is 0 Å². The highest BCUT2D eigenvalue weighted by molar-refractivity contribution is 6.30. The standard InChI is InChI=1S/C11H13Cl/c1-11(6-3-7-11)9-4-2-5-10(12)8-9/h2,4-5,8H,3,6-7H2,1H3. The molecule has 12 heavy (non-hydrogen) atoms. The number of benzene rings is 1. The number of rotatable bonds is 1. The van der Waals surface area contributed by atoms with Crippen molar-refractivity contribution in [2.75, 3.05) is 0 Å². The third-order valence-electron chi connectivity index (χ3n) is 2.98. The second-order valence-corrected chi connectivity index (χ2v) is 4.36. The first-order valence-electron chi connectivity index (χ1n) is 4.47. The van der Waals surface area contributed by atoms with Gasteiger partial charge < -0.3 is 0 Å². The Morgan fingerprint density at radius 2 is 2.08 bits per heavy atom. The van der Waals surface area contributed by atoms with Crippen LogP contribution < -0.4 is 0 Å². The largest absolute Gasteiger partial charge is 0.0843 e. The van der Waals surface area contributed by atoms with Crippen molar-refractivity contribution in [2.45, 2.75) is 31.6 Å². The van der Waals surface area contributed by atoms with Crippen LogP contribution in [0.25, 0.3) is 0 Å². The number of halogens is 1. The van der Waals surface area contributed by atoms with E-state index in [2.05, 4.69) is 19.1 Å². The van der Waals surface area contributed by atoms with Gasteiger partial charge in [0.25, 0.3) is 0 Å². The molecule has 0 radical (unpaired) electrons. The third kappa shape index (κ3) is 1.25. The molecule has 1 heteroatoms. The first kappa shape index (κ1) is 8.12. The number of hydrogen-bond donors (Lipinski definition) is 0. The zero-order chi connectivity index (χ0) is 8.60. The summed E-state index contributed by atoms with van der Waals surface area (Å²) in [6, 6.07) is 8.26. The molecule has 1 fully saturated rings. The lowest BCUT2D eigenvalue weighted by Crippen LogP contribution is -2.30. The smallest absolute Gasteiger partial charge is 0.0408 e. The van der Waals surface area contributed by atoms with Gasteiger partial charge in [0.2, 0.25) is 0 Å². The molecule has 0 aromatic heterocycles. The average molecular weight is 181 g/mol. The average Bonchev–Trinajstić information content (AvgIpc) is 2.00. The van der Waals surface area contributed by atoms with E-state index in [-0.39, 0.29) is 0 Å². The molecule has 1 aromatic carbocycles. The quantitative estimate of drug-likeness (QED) is 0.617. The second-order valence-electron chi connectivity index (χ2n) is 3.92. The van der Waals surface area contributed by atoms with E-state index < -0.39 is 0 Å². The van der Waals surface area contributed by atoms with Gasteiger partial charge in [-0.15, -0.1) is 0 Å². The normalized spacial score (nSPS) is 20.2. The molecule has 1 aliphatic carbocycles. The van der Waals surface area contributed by atoms with Crippen molar-refractivity contribution in [1.29, 1.82) is 0 Å². The molecule has 2 rings (SSSR count). The van der Waals surface area contributed by atoms with E-state index in [0.29, 0.717) is 5.41 Å². The summed E-state index contributed by atoms with van der Waals surface area (Å²) in [5.74, 6) is 0. The van der Waals surface area contributed by atoms with Gasteiger partial charge in [0.15, 0.2) is 0 Å². The summed E-state index contributed by atoms with van der Waals surface area (Å²) in [5.41, 5.74) is 1.83. The van der Waals surface area contributed by atoms with Crippen LogP contribution in [0.1, 0.15) is 31.7 Å². The van der Waals surface area contributed by atoms with Gasteiger partial charge in [-0.25, -0.2) is 0 Å². The van der Waals surface area contributed by atoms with Crippen molar-refractivity contribution in [3.05, 3.63) is 34.9 Å². The Morgan fingerprint density at radius 1 is 1.33 bits per heavy atom. The minimum atomic E-state index is 0.422. The lowest BCUT2D eigenvalue weighted by Gasteiger charge is -2.39. The van der Waals surface area contributed by atoms with Gasteiger partial charge in [0.05, 0.1) is 0 Å². The first-order valence-corrected chi connectivity index (χ1v) is 4.85. The van der Waals surface area contributed by atoms with Crippen molar-refractivity contribution >= 4 is 11.6 Å². The highest BCUT2D eigenvalue weighted by Gasteiger charge is 2.33. The summed E-state index contributed by atoms with van der Waals surface area (Å²) in [4.78, 5) is 0. The van der Waals surface area contributed by atoms with Gasteiger partial charge in [-0.05, 0) is 36.0 Å². The zero-order valence-electron chi connectivity index (χ0n) is 7.31. The van der Waals surface area contributed by atoms with E-state index in [4.69, 9.17) is 11.6 Å². The second kappa shape index (κ2) is 2.77. The Balaban J connectivity index is 2.33. The SMILES string of the molecule is CC1(c2cccc(Cl)c2)CCC1. The van der Waals surface area contributed by atoms with Crippen LogP contribution >= 0.6 is 11.6 Å². The minimum absolute atomic E-state index is 0.422. The Kier molecular flexibility index (Phi) is 1.88. The molecule has 64 valence electrons. The summed E-state index contributed by atoms with van der Waals surface area (Å²) >= 11 is 5.93. The maximum atomic E-state index is 5.93. The Morgan fingerprint density at radius 3 is 2.58 bits per heavy atom. The van der Waals surface area contributed by atoms with E-state index >= 15 is 0 Å². The van der Waals surface area contributed by atoms with Crippen LogP contribution in [-0.4, -0.2) is 0 Å². The predicted molar refractivity (Wildman–Crippen MR) is 52.7 cm³/mol. The summed E-state index contributed by atoms with van der Waals surface area (Å²) in [7, 11) is 0. The van der Waals surface area contributed by atoms with Crippen LogP contribution in [0.3, 0.4) is 0 Å². The van der Waals surface area contributed by atoms with Crippen molar-refractivity contribution in [2.24, 2.45) is 0 Å². The Labute approximate surface area is 78.6 Å². The van der Waals surface area contributed by atoms with Gasteiger partial charge in [-0.2, -0.15) is 0 Å². The van der Waals surface area contributed by atoms with Crippen LogP contribution in [0.15, 0.2) is 24.3 Å².